The van der Waals surface area contributed by atoms with Crippen LogP contribution in [-0.2, 0) is 11.3 Å². The molecule has 1 heterocycles. The fourth-order valence-electron chi connectivity index (χ4n) is 1.39. The summed E-state index contributed by atoms with van der Waals surface area (Å²) in [6, 6.07) is 0. The van der Waals surface area contributed by atoms with E-state index in [0.717, 1.165) is 19.4 Å². The molecule has 0 atom stereocenters. The summed E-state index contributed by atoms with van der Waals surface area (Å²) in [4.78, 5) is 15.1. The van der Waals surface area contributed by atoms with Crippen LogP contribution in [0.5, 0.6) is 0 Å². The third kappa shape index (κ3) is 5.50. The Hall–Kier alpha value is -1.36. The Morgan fingerprint density at radius 2 is 2.25 bits per heavy atom. The third-order valence-electron chi connectivity index (χ3n) is 2.29. The molecule has 0 saturated carbocycles. The van der Waals surface area contributed by atoms with Crippen LogP contribution in [0.1, 0.15) is 25.7 Å². The van der Waals surface area contributed by atoms with Crippen LogP contribution < -0.4 is 5.32 Å². The molecule has 1 aromatic heterocycles. The van der Waals surface area contributed by atoms with E-state index in [9.17, 15) is 4.79 Å². The number of nitrogens with one attached hydrogen (secondary N) is 1. The molecule has 0 spiro atoms. The van der Waals surface area contributed by atoms with E-state index in [4.69, 9.17) is 5.11 Å². The van der Waals surface area contributed by atoms with E-state index in [-0.39, 0.29) is 12.5 Å². The molecule has 0 radical (unpaired) electrons. The highest BCUT2D eigenvalue weighted by Gasteiger charge is 1.99. The molecule has 1 aromatic rings. The molecule has 0 unspecified atom stereocenters. The largest absolute Gasteiger partial charge is 0.396 e. The average molecular weight is 225 g/mol. The number of carbonyl (C=O) groups excluding carboxylic acids is 1. The Morgan fingerprint density at radius 1 is 1.38 bits per heavy atom. The highest BCUT2D eigenvalue weighted by Crippen LogP contribution is 1.94. The van der Waals surface area contributed by atoms with Crippen LogP contribution in [0.25, 0.3) is 0 Å². The number of nitrogens with zero attached hydrogens (tertiary/aromatic N) is 2. The number of aliphatic hydroxyl groups is 1. The quantitative estimate of drug-likeness (QED) is 0.635. The van der Waals surface area contributed by atoms with Gasteiger partial charge in [0.1, 0.15) is 0 Å². The van der Waals surface area contributed by atoms with Gasteiger partial charge in [-0.05, 0) is 19.3 Å². The van der Waals surface area contributed by atoms with Gasteiger partial charge in [0.2, 0.25) is 5.91 Å². The number of imidazole rings is 1. The van der Waals surface area contributed by atoms with E-state index in [2.05, 4.69) is 10.3 Å². The van der Waals surface area contributed by atoms with Crippen LogP contribution in [0.3, 0.4) is 0 Å². The van der Waals surface area contributed by atoms with Gasteiger partial charge < -0.3 is 15.0 Å². The first kappa shape index (κ1) is 12.7. The molecule has 2 N–H and O–H groups in total. The Kier molecular flexibility index (Phi) is 6.25. The van der Waals surface area contributed by atoms with Crippen molar-refractivity contribution in [2.75, 3.05) is 13.2 Å². The lowest BCUT2D eigenvalue weighted by Crippen LogP contribution is -2.24. The maximum atomic E-state index is 11.2. The van der Waals surface area contributed by atoms with Crippen molar-refractivity contribution in [1.29, 1.82) is 0 Å². The van der Waals surface area contributed by atoms with Gasteiger partial charge in [0, 0.05) is 38.5 Å². The molecule has 1 rings (SSSR count). The third-order valence-corrected chi connectivity index (χ3v) is 2.29. The van der Waals surface area contributed by atoms with Crippen LogP contribution in [0.15, 0.2) is 18.7 Å². The number of amides is 1. The minimum atomic E-state index is 0.0247. The van der Waals surface area contributed by atoms with Crippen molar-refractivity contribution in [3.05, 3.63) is 18.7 Å². The summed E-state index contributed by atoms with van der Waals surface area (Å²) in [6.07, 6.45) is 8.43. The minimum absolute atomic E-state index is 0.0247. The number of rotatable bonds is 8. The molecule has 90 valence electrons. The molecule has 16 heavy (non-hydrogen) atoms. The second kappa shape index (κ2) is 7.87. The summed E-state index contributed by atoms with van der Waals surface area (Å²) in [5.41, 5.74) is 0. The number of aromatic nitrogens is 2. The first-order valence-electron chi connectivity index (χ1n) is 5.66. The van der Waals surface area contributed by atoms with Crippen molar-refractivity contribution in [2.45, 2.75) is 32.2 Å². The summed E-state index contributed by atoms with van der Waals surface area (Å²) in [6.45, 7) is 1.72. The Balaban J connectivity index is 1.93. The SMILES string of the molecule is O=C(CCCO)NCCCCn1ccnc1. The molecule has 0 fully saturated rings. The van der Waals surface area contributed by atoms with Gasteiger partial charge in [-0.15, -0.1) is 0 Å². The second-order valence-electron chi connectivity index (χ2n) is 3.68. The molecule has 0 aliphatic carbocycles. The number of aryl methyl sites for hydroxylation is 1. The lowest BCUT2D eigenvalue weighted by molar-refractivity contribution is -0.121. The van der Waals surface area contributed by atoms with Crippen LogP contribution >= 0.6 is 0 Å². The molecule has 0 aliphatic rings. The van der Waals surface area contributed by atoms with Gasteiger partial charge in [0.05, 0.1) is 6.33 Å². The molecular formula is C11H19N3O2. The number of aliphatic hydroxyl groups excluding tert-OH is 1. The van der Waals surface area contributed by atoms with E-state index in [1.807, 2.05) is 10.8 Å². The summed E-state index contributed by atoms with van der Waals surface area (Å²) < 4.78 is 2.02. The van der Waals surface area contributed by atoms with Gasteiger partial charge in [-0.1, -0.05) is 0 Å². The van der Waals surface area contributed by atoms with Crippen molar-refractivity contribution >= 4 is 5.91 Å². The highest BCUT2D eigenvalue weighted by molar-refractivity contribution is 5.75. The second-order valence-corrected chi connectivity index (χ2v) is 3.68. The fraction of sp³-hybridized carbons (Fsp3) is 0.636. The van der Waals surface area contributed by atoms with Gasteiger partial charge in [0.25, 0.3) is 0 Å². The van der Waals surface area contributed by atoms with Crippen molar-refractivity contribution in [3.63, 3.8) is 0 Å². The van der Waals surface area contributed by atoms with Crippen molar-refractivity contribution in [2.24, 2.45) is 0 Å². The van der Waals surface area contributed by atoms with Gasteiger partial charge in [-0.2, -0.15) is 0 Å². The maximum Gasteiger partial charge on any atom is 0.220 e. The minimum Gasteiger partial charge on any atom is -0.396 e. The molecule has 5 heteroatoms. The zero-order chi connectivity index (χ0) is 11.6. The van der Waals surface area contributed by atoms with Crippen molar-refractivity contribution in [3.8, 4) is 0 Å². The number of hydrogen-bond donors (Lipinski definition) is 2. The number of hydrogen-bond acceptors (Lipinski definition) is 3. The van der Waals surface area contributed by atoms with Crippen LogP contribution in [-0.4, -0.2) is 33.7 Å². The predicted octanol–water partition coefficient (Wildman–Crippen LogP) is 0.552. The van der Waals surface area contributed by atoms with E-state index >= 15 is 0 Å². The highest BCUT2D eigenvalue weighted by atomic mass is 16.3. The Labute approximate surface area is 95.5 Å². The number of carbonyl (C=O) groups is 1. The summed E-state index contributed by atoms with van der Waals surface area (Å²) >= 11 is 0. The maximum absolute atomic E-state index is 11.2. The fourth-order valence-corrected chi connectivity index (χ4v) is 1.39. The lowest BCUT2D eigenvalue weighted by Gasteiger charge is -2.05. The molecule has 5 nitrogen and oxygen atoms in total. The average Bonchev–Trinajstić information content (AvgIpc) is 2.79. The van der Waals surface area contributed by atoms with E-state index < -0.39 is 0 Å². The van der Waals surface area contributed by atoms with E-state index in [0.29, 0.717) is 19.4 Å². The smallest absolute Gasteiger partial charge is 0.220 e. The van der Waals surface area contributed by atoms with Crippen LogP contribution in [0.4, 0.5) is 0 Å². The topological polar surface area (TPSA) is 67.2 Å². The van der Waals surface area contributed by atoms with E-state index in [1.165, 1.54) is 0 Å². The molecule has 1 amide bonds. The van der Waals surface area contributed by atoms with Crippen LogP contribution in [0, 0.1) is 0 Å². The molecule has 0 bridgehead atoms. The molecule has 0 aliphatic heterocycles. The molecular weight excluding hydrogens is 206 g/mol. The van der Waals surface area contributed by atoms with Gasteiger partial charge >= 0.3 is 0 Å². The number of unbranched alkanes of at least 4 members (excludes halogenated alkanes) is 1. The lowest BCUT2D eigenvalue weighted by atomic mass is 10.3. The van der Waals surface area contributed by atoms with Gasteiger partial charge in [-0.25, -0.2) is 4.98 Å². The first-order valence-corrected chi connectivity index (χ1v) is 5.66. The molecule has 0 aromatic carbocycles. The Morgan fingerprint density at radius 3 is 2.94 bits per heavy atom. The van der Waals surface area contributed by atoms with Gasteiger partial charge in [-0.3, -0.25) is 4.79 Å². The van der Waals surface area contributed by atoms with Crippen LogP contribution in [0.2, 0.25) is 0 Å². The summed E-state index contributed by atoms with van der Waals surface area (Å²) in [7, 11) is 0. The van der Waals surface area contributed by atoms with E-state index in [1.54, 1.807) is 12.5 Å². The monoisotopic (exact) mass is 225 g/mol. The Bertz CT molecular complexity index is 285. The molecule has 0 saturated heterocycles. The van der Waals surface area contributed by atoms with Crippen molar-refractivity contribution < 1.29 is 9.90 Å². The summed E-state index contributed by atoms with van der Waals surface area (Å²) in [5.74, 6) is 0.0247. The summed E-state index contributed by atoms with van der Waals surface area (Å²) in [5, 5.41) is 11.4. The first-order chi connectivity index (χ1) is 7.83. The normalized spacial score (nSPS) is 10.3. The zero-order valence-corrected chi connectivity index (χ0v) is 9.43. The predicted molar refractivity (Wildman–Crippen MR) is 60.8 cm³/mol. The zero-order valence-electron chi connectivity index (χ0n) is 9.43. The standard InChI is InChI=1S/C11H19N3O2/c15-9-3-4-11(16)13-5-1-2-7-14-8-6-12-10-14/h6,8,10,15H,1-5,7,9H2,(H,13,16). The van der Waals surface area contributed by atoms with Gasteiger partial charge in [0.15, 0.2) is 0 Å². The van der Waals surface area contributed by atoms with Crippen molar-refractivity contribution in [1.82, 2.24) is 14.9 Å².